The zero-order valence-electron chi connectivity index (χ0n) is 11.8. The molecule has 114 valence electrons. The average molecular weight is 320 g/mol. The Hall–Kier alpha value is -2.47. The van der Waals surface area contributed by atoms with Crippen LogP contribution in [-0.4, -0.2) is 29.0 Å². The van der Waals surface area contributed by atoms with Crippen LogP contribution < -0.4 is 5.32 Å². The van der Waals surface area contributed by atoms with Crippen molar-refractivity contribution in [3.8, 4) is 0 Å². The lowest BCUT2D eigenvalue weighted by Crippen LogP contribution is -2.31. The molecule has 1 atom stereocenters. The van der Waals surface area contributed by atoms with Crippen molar-refractivity contribution in [2.45, 2.75) is 12.5 Å². The fourth-order valence-corrected chi connectivity index (χ4v) is 1.97. The molecular formula is C15H14ClN3O3. The summed E-state index contributed by atoms with van der Waals surface area (Å²) in [5.41, 5.74) is 0.915. The number of esters is 1. The van der Waals surface area contributed by atoms with Crippen LogP contribution in [-0.2, 0) is 9.53 Å². The van der Waals surface area contributed by atoms with Crippen molar-refractivity contribution in [2.24, 2.45) is 0 Å². The van der Waals surface area contributed by atoms with Crippen LogP contribution in [0.15, 0.2) is 42.9 Å². The monoisotopic (exact) mass is 319 g/mol. The molecular weight excluding hydrogens is 306 g/mol. The normalized spacial score (nSPS) is 11.5. The minimum absolute atomic E-state index is 0.00410. The molecule has 7 heteroatoms. The zero-order valence-corrected chi connectivity index (χ0v) is 12.6. The first-order valence-electron chi connectivity index (χ1n) is 6.49. The van der Waals surface area contributed by atoms with Gasteiger partial charge in [0.15, 0.2) is 0 Å². The van der Waals surface area contributed by atoms with Crippen LogP contribution >= 0.6 is 11.6 Å². The van der Waals surface area contributed by atoms with Gasteiger partial charge in [-0.15, -0.1) is 0 Å². The molecule has 1 aromatic carbocycles. The lowest BCUT2D eigenvalue weighted by Gasteiger charge is -2.18. The summed E-state index contributed by atoms with van der Waals surface area (Å²) in [6.45, 7) is 0. The number of hydrogen-bond donors (Lipinski definition) is 1. The molecule has 0 fully saturated rings. The number of benzene rings is 1. The Balaban J connectivity index is 2.19. The third-order valence-corrected chi connectivity index (χ3v) is 3.22. The van der Waals surface area contributed by atoms with Crippen LogP contribution in [0.5, 0.6) is 0 Å². The number of methoxy groups -OCH3 is 1. The highest BCUT2D eigenvalue weighted by atomic mass is 35.5. The van der Waals surface area contributed by atoms with Crippen LogP contribution in [0.3, 0.4) is 0 Å². The van der Waals surface area contributed by atoms with Gasteiger partial charge >= 0.3 is 5.97 Å². The summed E-state index contributed by atoms with van der Waals surface area (Å²) in [5, 5.41) is 3.32. The number of halogens is 1. The van der Waals surface area contributed by atoms with Gasteiger partial charge in [-0.25, -0.2) is 4.98 Å². The first-order valence-corrected chi connectivity index (χ1v) is 6.87. The van der Waals surface area contributed by atoms with Crippen molar-refractivity contribution in [3.63, 3.8) is 0 Å². The van der Waals surface area contributed by atoms with Crippen molar-refractivity contribution in [1.82, 2.24) is 15.3 Å². The van der Waals surface area contributed by atoms with Gasteiger partial charge in [-0.1, -0.05) is 23.7 Å². The minimum Gasteiger partial charge on any atom is -0.469 e. The quantitative estimate of drug-likeness (QED) is 0.854. The number of amides is 1. The van der Waals surface area contributed by atoms with Gasteiger partial charge in [-0.2, -0.15) is 0 Å². The summed E-state index contributed by atoms with van der Waals surface area (Å²) in [6, 6.07) is 6.32. The van der Waals surface area contributed by atoms with Crippen LogP contribution in [0.2, 0.25) is 5.02 Å². The van der Waals surface area contributed by atoms with Crippen molar-refractivity contribution in [3.05, 3.63) is 59.1 Å². The second-order valence-corrected chi connectivity index (χ2v) is 4.88. The summed E-state index contributed by atoms with van der Waals surface area (Å²) in [6.07, 6.45) is 4.25. The molecule has 0 aliphatic rings. The van der Waals surface area contributed by atoms with Crippen LogP contribution in [0.25, 0.3) is 0 Å². The molecule has 0 radical (unpaired) electrons. The van der Waals surface area contributed by atoms with E-state index in [-0.39, 0.29) is 12.1 Å². The predicted octanol–water partition coefficient (Wildman–Crippen LogP) is 2.16. The molecule has 1 amide bonds. The standard InChI is InChI=1S/C15H14ClN3O3/c1-22-14(20)8-12(10-2-4-11(16)5-3-10)19-15(21)13-9-17-6-7-18-13/h2-7,9,12H,8H2,1H3,(H,19,21)/t12-/m0/s1. The van der Waals surface area contributed by atoms with Crippen LogP contribution in [0.1, 0.15) is 28.5 Å². The number of nitrogens with zero attached hydrogens (tertiary/aromatic N) is 2. The SMILES string of the molecule is COC(=O)C[C@H](NC(=O)c1cnccn1)c1ccc(Cl)cc1. The number of carbonyl (C=O) groups excluding carboxylic acids is 2. The fourth-order valence-electron chi connectivity index (χ4n) is 1.85. The largest absolute Gasteiger partial charge is 0.469 e. The number of ether oxygens (including phenoxy) is 1. The Morgan fingerprint density at radius 3 is 2.59 bits per heavy atom. The topological polar surface area (TPSA) is 81.2 Å². The fraction of sp³-hybridized carbons (Fsp3) is 0.200. The van der Waals surface area contributed by atoms with Gasteiger partial charge < -0.3 is 10.1 Å². The van der Waals surface area contributed by atoms with Gasteiger partial charge in [0.05, 0.1) is 25.8 Å². The van der Waals surface area contributed by atoms with E-state index in [0.717, 1.165) is 5.56 Å². The first-order chi connectivity index (χ1) is 10.6. The third-order valence-electron chi connectivity index (χ3n) is 2.97. The molecule has 0 aliphatic heterocycles. The van der Waals surface area contributed by atoms with Gasteiger partial charge in [-0.3, -0.25) is 14.6 Å². The summed E-state index contributed by atoms with van der Waals surface area (Å²) in [5.74, 6) is -0.851. The van der Waals surface area contributed by atoms with E-state index < -0.39 is 17.9 Å². The maximum absolute atomic E-state index is 12.2. The third kappa shape index (κ3) is 4.26. The van der Waals surface area contributed by atoms with Gasteiger partial charge in [0.2, 0.25) is 0 Å². The highest BCUT2D eigenvalue weighted by molar-refractivity contribution is 6.30. The molecule has 2 aromatic rings. The van der Waals surface area contributed by atoms with Gasteiger partial charge in [-0.05, 0) is 17.7 Å². The molecule has 1 N–H and O–H groups in total. The van der Waals surface area contributed by atoms with Crippen molar-refractivity contribution in [1.29, 1.82) is 0 Å². The highest BCUT2D eigenvalue weighted by Crippen LogP contribution is 2.20. The van der Waals surface area contributed by atoms with Gasteiger partial charge in [0, 0.05) is 17.4 Å². The molecule has 6 nitrogen and oxygen atoms in total. The molecule has 22 heavy (non-hydrogen) atoms. The van der Waals surface area contributed by atoms with E-state index in [1.807, 2.05) is 0 Å². The molecule has 0 aliphatic carbocycles. The number of nitrogens with one attached hydrogen (secondary N) is 1. The minimum atomic E-state index is -0.542. The lowest BCUT2D eigenvalue weighted by molar-refractivity contribution is -0.141. The lowest BCUT2D eigenvalue weighted by atomic mass is 10.0. The van der Waals surface area contributed by atoms with E-state index in [1.54, 1.807) is 24.3 Å². The van der Waals surface area contributed by atoms with Gasteiger partial charge in [0.1, 0.15) is 5.69 Å². The molecule has 1 aromatic heterocycles. The highest BCUT2D eigenvalue weighted by Gasteiger charge is 2.20. The maximum Gasteiger partial charge on any atom is 0.307 e. The van der Waals surface area contributed by atoms with Crippen molar-refractivity contribution < 1.29 is 14.3 Å². The Labute approximate surface area is 132 Å². The first kappa shape index (κ1) is 15.9. The van der Waals surface area contributed by atoms with E-state index in [0.29, 0.717) is 5.02 Å². The second-order valence-electron chi connectivity index (χ2n) is 4.45. The van der Waals surface area contributed by atoms with E-state index in [1.165, 1.54) is 25.7 Å². The number of hydrogen-bond acceptors (Lipinski definition) is 5. The number of carbonyl (C=O) groups is 2. The molecule has 0 unspecified atom stereocenters. The Bertz CT molecular complexity index is 647. The predicted molar refractivity (Wildman–Crippen MR) is 80.3 cm³/mol. The van der Waals surface area contributed by atoms with E-state index in [2.05, 4.69) is 20.0 Å². The number of aromatic nitrogens is 2. The summed E-state index contributed by atoms with van der Waals surface area (Å²) >= 11 is 5.85. The number of rotatable bonds is 5. The molecule has 0 saturated carbocycles. The van der Waals surface area contributed by atoms with Crippen LogP contribution in [0.4, 0.5) is 0 Å². The molecule has 0 bridgehead atoms. The average Bonchev–Trinajstić information content (AvgIpc) is 2.55. The second kappa shape index (κ2) is 7.51. The molecule has 1 heterocycles. The van der Waals surface area contributed by atoms with E-state index in [9.17, 15) is 9.59 Å². The Morgan fingerprint density at radius 1 is 1.27 bits per heavy atom. The zero-order chi connectivity index (χ0) is 15.9. The van der Waals surface area contributed by atoms with Crippen molar-refractivity contribution in [2.75, 3.05) is 7.11 Å². The van der Waals surface area contributed by atoms with E-state index >= 15 is 0 Å². The molecule has 2 rings (SSSR count). The van der Waals surface area contributed by atoms with E-state index in [4.69, 9.17) is 11.6 Å². The Kier molecular flexibility index (Phi) is 5.43. The smallest absolute Gasteiger partial charge is 0.307 e. The summed E-state index contributed by atoms with van der Waals surface area (Å²) in [4.78, 5) is 31.5. The van der Waals surface area contributed by atoms with Gasteiger partial charge in [0.25, 0.3) is 5.91 Å². The van der Waals surface area contributed by atoms with Crippen LogP contribution in [0, 0.1) is 0 Å². The van der Waals surface area contributed by atoms with Crippen molar-refractivity contribution >= 4 is 23.5 Å². The summed E-state index contributed by atoms with van der Waals surface area (Å²) in [7, 11) is 1.30. The maximum atomic E-state index is 12.2. The summed E-state index contributed by atoms with van der Waals surface area (Å²) < 4.78 is 4.67. The molecule has 0 saturated heterocycles. The molecule has 0 spiro atoms. The Morgan fingerprint density at radius 2 is 2.00 bits per heavy atom.